The summed E-state index contributed by atoms with van der Waals surface area (Å²) in [5, 5.41) is 8.89. The van der Waals surface area contributed by atoms with Gasteiger partial charge in [0.05, 0.1) is 20.3 Å². The van der Waals surface area contributed by atoms with Crippen LogP contribution < -0.4 is 4.74 Å². The molecule has 102 valence electrons. The first-order valence-corrected chi connectivity index (χ1v) is 5.81. The van der Waals surface area contributed by atoms with Crippen LogP contribution in [0.15, 0.2) is 18.2 Å². The Bertz CT molecular complexity index is 372. The maximum absolute atomic E-state index is 12.4. The van der Waals surface area contributed by atoms with E-state index in [0.717, 1.165) is 11.1 Å². The van der Waals surface area contributed by atoms with E-state index >= 15 is 0 Å². The van der Waals surface area contributed by atoms with E-state index in [0.29, 0.717) is 12.3 Å². The SMILES string of the molecule is COc1ccc(C)cc1CN(CCO)CC(F)F. The van der Waals surface area contributed by atoms with Crippen molar-refractivity contribution in [3.63, 3.8) is 0 Å². The fourth-order valence-corrected chi connectivity index (χ4v) is 1.84. The number of methoxy groups -OCH3 is 1. The molecule has 0 aliphatic rings. The van der Waals surface area contributed by atoms with Crippen molar-refractivity contribution in [3.05, 3.63) is 29.3 Å². The molecule has 0 aliphatic heterocycles. The van der Waals surface area contributed by atoms with Crippen LogP contribution in [0.3, 0.4) is 0 Å². The van der Waals surface area contributed by atoms with Crippen molar-refractivity contribution >= 4 is 0 Å². The van der Waals surface area contributed by atoms with Gasteiger partial charge in [-0.3, -0.25) is 4.90 Å². The number of hydrogen-bond donors (Lipinski definition) is 1. The lowest BCUT2D eigenvalue weighted by Gasteiger charge is -2.22. The molecule has 0 radical (unpaired) electrons. The summed E-state index contributed by atoms with van der Waals surface area (Å²) >= 11 is 0. The van der Waals surface area contributed by atoms with Gasteiger partial charge >= 0.3 is 0 Å². The van der Waals surface area contributed by atoms with Crippen molar-refractivity contribution in [3.8, 4) is 5.75 Å². The molecule has 3 nitrogen and oxygen atoms in total. The van der Waals surface area contributed by atoms with E-state index in [-0.39, 0.29) is 19.7 Å². The topological polar surface area (TPSA) is 32.7 Å². The molecule has 1 rings (SSSR count). The van der Waals surface area contributed by atoms with Crippen LogP contribution in [0.4, 0.5) is 8.78 Å². The van der Waals surface area contributed by atoms with Crippen LogP contribution in [0.25, 0.3) is 0 Å². The molecule has 18 heavy (non-hydrogen) atoms. The first-order chi connectivity index (χ1) is 8.56. The largest absolute Gasteiger partial charge is 0.496 e. The maximum atomic E-state index is 12.4. The van der Waals surface area contributed by atoms with Gasteiger partial charge in [0.1, 0.15) is 5.75 Å². The predicted molar refractivity (Wildman–Crippen MR) is 66.1 cm³/mol. The highest BCUT2D eigenvalue weighted by atomic mass is 19.3. The Hall–Kier alpha value is -1.20. The van der Waals surface area contributed by atoms with Gasteiger partial charge in [-0.1, -0.05) is 17.7 Å². The van der Waals surface area contributed by atoms with Crippen LogP contribution in [0, 0.1) is 6.92 Å². The molecular weight excluding hydrogens is 240 g/mol. The van der Waals surface area contributed by atoms with Crippen molar-refractivity contribution in [1.29, 1.82) is 0 Å². The highest BCUT2D eigenvalue weighted by Gasteiger charge is 2.14. The van der Waals surface area contributed by atoms with Crippen LogP contribution in [-0.4, -0.2) is 43.2 Å². The lowest BCUT2D eigenvalue weighted by molar-refractivity contribution is 0.0742. The van der Waals surface area contributed by atoms with Crippen LogP contribution in [0.2, 0.25) is 0 Å². The first kappa shape index (κ1) is 14.9. The Kier molecular flexibility index (Phi) is 6.01. The molecule has 5 heteroatoms. The molecule has 0 heterocycles. The molecule has 1 aromatic rings. The van der Waals surface area contributed by atoms with E-state index in [4.69, 9.17) is 9.84 Å². The van der Waals surface area contributed by atoms with Gasteiger partial charge in [0.2, 0.25) is 0 Å². The minimum Gasteiger partial charge on any atom is -0.496 e. The zero-order valence-electron chi connectivity index (χ0n) is 10.7. The number of alkyl halides is 2. The van der Waals surface area contributed by atoms with Crippen LogP contribution in [0.1, 0.15) is 11.1 Å². The monoisotopic (exact) mass is 259 g/mol. The van der Waals surface area contributed by atoms with Gasteiger partial charge < -0.3 is 9.84 Å². The van der Waals surface area contributed by atoms with E-state index in [2.05, 4.69) is 0 Å². The lowest BCUT2D eigenvalue weighted by Crippen LogP contribution is -2.31. The molecular formula is C13H19F2NO2. The first-order valence-electron chi connectivity index (χ1n) is 5.81. The summed E-state index contributed by atoms with van der Waals surface area (Å²) in [4.78, 5) is 1.52. The minimum atomic E-state index is -2.41. The van der Waals surface area contributed by atoms with Gasteiger partial charge in [-0.2, -0.15) is 0 Å². The highest BCUT2D eigenvalue weighted by molar-refractivity contribution is 5.36. The van der Waals surface area contributed by atoms with Crippen molar-refractivity contribution in [1.82, 2.24) is 4.90 Å². The maximum Gasteiger partial charge on any atom is 0.251 e. The summed E-state index contributed by atoms with van der Waals surface area (Å²) in [7, 11) is 1.55. The number of hydrogen-bond acceptors (Lipinski definition) is 3. The lowest BCUT2D eigenvalue weighted by atomic mass is 10.1. The van der Waals surface area contributed by atoms with Crippen molar-refractivity contribution in [2.75, 3.05) is 26.8 Å². The van der Waals surface area contributed by atoms with E-state index in [1.807, 2.05) is 25.1 Å². The van der Waals surface area contributed by atoms with Gasteiger partial charge in [-0.15, -0.1) is 0 Å². The summed E-state index contributed by atoms with van der Waals surface area (Å²) in [6.07, 6.45) is -2.41. The third-order valence-corrected chi connectivity index (χ3v) is 2.64. The Morgan fingerprint density at radius 1 is 1.39 bits per heavy atom. The molecule has 1 N–H and O–H groups in total. The van der Waals surface area contributed by atoms with Gasteiger partial charge in [0.25, 0.3) is 6.43 Å². The van der Waals surface area contributed by atoms with Crippen molar-refractivity contribution in [2.24, 2.45) is 0 Å². The summed E-state index contributed by atoms with van der Waals surface area (Å²) < 4.78 is 30.0. The average Bonchev–Trinajstić information content (AvgIpc) is 2.28. The van der Waals surface area contributed by atoms with Crippen LogP contribution in [0.5, 0.6) is 5.75 Å². The second-order valence-corrected chi connectivity index (χ2v) is 4.17. The number of benzene rings is 1. The quantitative estimate of drug-likeness (QED) is 0.813. The van der Waals surface area contributed by atoms with Crippen molar-refractivity contribution < 1.29 is 18.6 Å². The van der Waals surface area contributed by atoms with Gasteiger partial charge in [-0.25, -0.2) is 8.78 Å². The third kappa shape index (κ3) is 4.58. The highest BCUT2D eigenvalue weighted by Crippen LogP contribution is 2.21. The Labute approximate surface area is 106 Å². The van der Waals surface area contributed by atoms with E-state index in [1.54, 1.807) is 7.11 Å². The number of halogens is 2. The Morgan fingerprint density at radius 3 is 2.67 bits per heavy atom. The van der Waals surface area contributed by atoms with Gasteiger partial charge in [0, 0.05) is 18.7 Å². The molecule has 0 aromatic heterocycles. The van der Waals surface area contributed by atoms with E-state index in [9.17, 15) is 8.78 Å². The van der Waals surface area contributed by atoms with Gasteiger partial charge in [0.15, 0.2) is 0 Å². The molecule has 1 aromatic carbocycles. The number of nitrogens with zero attached hydrogens (tertiary/aromatic N) is 1. The Morgan fingerprint density at radius 2 is 2.11 bits per heavy atom. The number of rotatable bonds is 7. The van der Waals surface area contributed by atoms with Gasteiger partial charge in [-0.05, 0) is 13.0 Å². The van der Waals surface area contributed by atoms with Crippen LogP contribution >= 0.6 is 0 Å². The van der Waals surface area contributed by atoms with Crippen LogP contribution in [-0.2, 0) is 6.54 Å². The molecule has 0 bridgehead atoms. The molecule has 0 saturated carbocycles. The predicted octanol–water partition coefficient (Wildman–Crippen LogP) is 2.06. The van der Waals surface area contributed by atoms with E-state index < -0.39 is 6.43 Å². The molecule has 0 unspecified atom stereocenters. The summed E-state index contributed by atoms with van der Waals surface area (Å²) in [5.41, 5.74) is 1.90. The second kappa shape index (κ2) is 7.28. The second-order valence-electron chi connectivity index (χ2n) is 4.17. The fraction of sp³-hybridized carbons (Fsp3) is 0.538. The zero-order chi connectivity index (χ0) is 13.5. The number of aryl methyl sites for hydroxylation is 1. The molecule has 0 amide bonds. The summed E-state index contributed by atoms with van der Waals surface area (Å²) in [5.74, 6) is 0.679. The van der Waals surface area contributed by atoms with Crippen molar-refractivity contribution in [2.45, 2.75) is 19.9 Å². The minimum absolute atomic E-state index is 0.138. The smallest absolute Gasteiger partial charge is 0.251 e. The zero-order valence-corrected chi connectivity index (χ0v) is 10.7. The fourth-order valence-electron chi connectivity index (χ4n) is 1.84. The van der Waals surface area contributed by atoms with E-state index in [1.165, 1.54) is 4.90 Å². The molecule has 0 atom stereocenters. The number of ether oxygens (including phenoxy) is 1. The summed E-state index contributed by atoms with van der Waals surface area (Å²) in [6, 6.07) is 5.64. The molecule has 0 spiro atoms. The number of aliphatic hydroxyl groups is 1. The summed E-state index contributed by atoms with van der Waals surface area (Å²) in [6.45, 7) is 2.02. The standard InChI is InChI=1S/C13H19F2NO2/c1-10-3-4-12(18-2)11(7-10)8-16(5-6-17)9-13(14)15/h3-4,7,13,17H,5-6,8-9H2,1-2H3. The number of aliphatic hydroxyl groups excluding tert-OH is 1. The third-order valence-electron chi connectivity index (χ3n) is 2.64. The average molecular weight is 259 g/mol. The Balaban J connectivity index is 2.81. The normalized spacial score (nSPS) is 11.3. The molecule has 0 saturated heterocycles. The molecule has 0 aliphatic carbocycles. The molecule has 0 fully saturated rings.